The van der Waals surface area contributed by atoms with Crippen molar-refractivity contribution in [3.8, 4) is 0 Å². The molecular weight excluding hydrogens is 287 g/mol. The highest BCUT2D eigenvalue weighted by Crippen LogP contribution is 2.31. The highest BCUT2D eigenvalue weighted by atomic mass is 35.5. The number of benzene rings is 1. The van der Waals surface area contributed by atoms with Crippen LogP contribution in [0, 0.1) is 0 Å². The predicted molar refractivity (Wildman–Crippen MR) is 72.1 cm³/mol. The number of carbonyl (C=O) groups excluding carboxylic acids is 2. The second-order valence-corrected chi connectivity index (χ2v) is 5.57. The molecule has 0 bridgehead atoms. The lowest BCUT2D eigenvalue weighted by molar-refractivity contribution is -0.128. The normalized spacial score (nSPS) is 22.3. The van der Waals surface area contributed by atoms with Gasteiger partial charge in [0.2, 0.25) is 0 Å². The fourth-order valence-electron chi connectivity index (χ4n) is 2.67. The third-order valence-corrected chi connectivity index (χ3v) is 4.37. The highest BCUT2D eigenvalue weighted by molar-refractivity contribution is 6.36. The van der Waals surface area contributed by atoms with E-state index in [4.69, 9.17) is 23.2 Å². The van der Waals surface area contributed by atoms with Gasteiger partial charge in [-0.1, -0.05) is 29.3 Å². The molecule has 2 aliphatic rings. The van der Waals surface area contributed by atoms with Crippen LogP contribution in [-0.4, -0.2) is 34.3 Å². The molecule has 0 radical (unpaired) electrons. The molecule has 2 aliphatic heterocycles. The van der Waals surface area contributed by atoms with Crippen molar-refractivity contribution in [3.63, 3.8) is 0 Å². The Morgan fingerprint density at radius 1 is 1.21 bits per heavy atom. The van der Waals surface area contributed by atoms with Crippen LogP contribution in [0.2, 0.25) is 10.0 Å². The van der Waals surface area contributed by atoms with Crippen molar-refractivity contribution < 1.29 is 9.59 Å². The summed E-state index contributed by atoms with van der Waals surface area (Å²) >= 11 is 12.2. The fraction of sp³-hybridized carbons (Fsp3) is 0.385. The van der Waals surface area contributed by atoms with E-state index in [0.29, 0.717) is 22.2 Å². The topological polar surface area (TPSA) is 40.6 Å². The minimum Gasteiger partial charge on any atom is -0.312 e. The summed E-state index contributed by atoms with van der Waals surface area (Å²) in [5.74, 6) is -0.140. The number of amides is 3. The molecule has 0 spiro atoms. The van der Waals surface area contributed by atoms with Crippen molar-refractivity contribution in [1.29, 1.82) is 0 Å². The van der Waals surface area contributed by atoms with Gasteiger partial charge in [-0.15, -0.1) is 0 Å². The van der Waals surface area contributed by atoms with Gasteiger partial charge in [0.1, 0.15) is 6.04 Å². The van der Waals surface area contributed by atoms with Crippen LogP contribution in [0.3, 0.4) is 0 Å². The number of halogens is 2. The molecule has 100 valence electrons. The molecule has 19 heavy (non-hydrogen) atoms. The van der Waals surface area contributed by atoms with Crippen molar-refractivity contribution in [2.75, 3.05) is 6.54 Å². The van der Waals surface area contributed by atoms with Gasteiger partial charge in [-0.3, -0.25) is 9.69 Å². The van der Waals surface area contributed by atoms with Crippen LogP contribution < -0.4 is 0 Å². The number of urea groups is 1. The van der Waals surface area contributed by atoms with Gasteiger partial charge in [0.25, 0.3) is 5.91 Å². The van der Waals surface area contributed by atoms with E-state index in [2.05, 4.69) is 0 Å². The summed E-state index contributed by atoms with van der Waals surface area (Å²) in [4.78, 5) is 27.2. The number of hydrogen-bond acceptors (Lipinski definition) is 2. The van der Waals surface area contributed by atoms with Crippen molar-refractivity contribution >= 4 is 35.1 Å². The van der Waals surface area contributed by atoms with Gasteiger partial charge in [-0.25, -0.2) is 4.79 Å². The Balaban J connectivity index is 1.88. The second-order valence-electron chi connectivity index (χ2n) is 4.76. The largest absolute Gasteiger partial charge is 0.327 e. The second kappa shape index (κ2) is 4.69. The molecule has 6 heteroatoms. The molecule has 0 N–H and O–H groups in total. The van der Waals surface area contributed by atoms with Gasteiger partial charge in [-0.2, -0.15) is 0 Å². The van der Waals surface area contributed by atoms with E-state index in [0.717, 1.165) is 12.8 Å². The zero-order chi connectivity index (χ0) is 13.6. The van der Waals surface area contributed by atoms with Gasteiger partial charge in [0.15, 0.2) is 0 Å². The molecule has 3 rings (SSSR count). The lowest BCUT2D eigenvalue weighted by Gasteiger charge is -2.17. The minimum atomic E-state index is -0.284. The predicted octanol–water partition coefficient (Wildman–Crippen LogP) is 2.92. The van der Waals surface area contributed by atoms with E-state index in [9.17, 15) is 9.59 Å². The Morgan fingerprint density at radius 2 is 1.89 bits per heavy atom. The average molecular weight is 299 g/mol. The van der Waals surface area contributed by atoms with Crippen LogP contribution in [0.15, 0.2) is 18.2 Å². The number of nitrogens with zero attached hydrogens (tertiary/aromatic N) is 2. The van der Waals surface area contributed by atoms with E-state index in [1.807, 2.05) is 0 Å². The zero-order valence-corrected chi connectivity index (χ0v) is 11.6. The number of carbonyl (C=O) groups is 2. The van der Waals surface area contributed by atoms with Crippen LogP contribution in [0.1, 0.15) is 18.4 Å². The van der Waals surface area contributed by atoms with Crippen LogP contribution in [-0.2, 0) is 11.3 Å². The molecule has 1 atom stereocenters. The molecule has 2 fully saturated rings. The van der Waals surface area contributed by atoms with Crippen molar-refractivity contribution in [3.05, 3.63) is 33.8 Å². The molecule has 4 nitrogen and oxygen atoms in total. The molecule has 0 saturated carbocycles. The number of rotatable bonds is 2. The SMILES string of the molecule is O=C1C2CCCN2C(=O)N1Cc1c(Cl)cccc1Cl. The molecule has 1 aromatic rings. The molecule has 1 aromatic carbocycles. The van der Waals surface area contributed by atoms with Crippen LogP contribution in [0.5, 0.6) is 0 Å². The Bertz CT molecular complexity index is 519. The summed E-state index contributed by atoms with van der Waals surface area (Å²) in [7, 11) is 0. The zero-order valence-electron chi connectivity index (χ0n) is 10.1. The van der Waals surface area contributed by atoms with Gasteiger partial charge >= 0.3 is 6.03 Å². The molecule has 2 heterocycles. The Labute approximate surface area is 120 Å². The third kappa shape index (κ3) is 1.99. The van der Waals surface area contributed by atoms with Gasteiger partial charge in [0, 0.05) is 22.2 Å². The van der Waals surface area contributed by atoms with E-state index in [-0.39, 0.29) is 24.5 Å². The quantitative estimate of drug-likeness (QED) is 0.788. The summed E-state index contributed by atoms with van der Waals surface area (Å²) in [6.45, 7) is 0.797. The summed E-state index contributed by atoms with van der Waals surface area (Å²) in [6.07, 6.45) is 1.64. The molecular formula is C13H12Cl2N2O2. The summed E-state index contributed by atoms with van der Waals surface area (Å²) in [5, 5.41) is 0.945. The first-order valence-electron chi connectivity index (χ1n) is 6.14. The Hall–Kier alpha value is -1.26. The molecule has 1 unspecified atom stereocenters. The summed E-state index contributed by atoms with van der Waals surface area (Å²) in [5.41, 5.74) is 0.619. The average Bonchev–Trinajstić information content (AvgIpc) is 2.93. The van der Waals surface area contributed by atoms with E-state index in [1.54, 1.807) is 23.1 Å². The van der Waals surface area contributed by atoms with Gasteiger partial charge in [-0.05, 0) is 25.0 Å². The first-order valence-corrected chi connectivity index (χ1v) is 6.90. The van der Waals surface area contributed by atoms with Gasteiger partial charge < -0.3 is 4.90 Å². The molecule has 3 amide bonds. The third-order valence-electron chi connectivity index (χ3n) is 3.66. The van der Waals surface area contributed by atoms with Gasteiger partial charge in [0.05, 0.1) is 6.54 Å². The van der Waals surface area contributed by atoms with Crippen molar-refractivity contribution in [2.24, 2.45) is 0 Å². The lowest BCUT2D eigenvalue weighted by Crippen LogP contribution is -2.32. The minimum absolute atomic E-state index is 0.140. The lowest BCUT2D eigenvalue weighted by atomic mass is 10.2. The Morgan fingerprint density at radius 3 is 2.53 bits per heavy atom. The van der Waals surface area contributed by atoms with Crippen LogP contribution in [0.4, 0.5) is 4.79 Å². The first-order chi connectivity index (χ1) is 9.09. The summed E-state index contributed by atoms with van der Waals surface area (Å²) < 4.78 is 0. The maximum Gasteiger partial charge on any atom is 0.327 e. The number of imide groups is 1. The number of hydrogen-bond donors (Lipinski definition) is 0. The maximum absolute atomic E-state index is 12.2. The Kier molecular flexibility index (Phi) is 3.15. The standard InChI is InChI=1S/C13H12Cl2N2O2/c14-9-3-1-4-10(15)8(9)7-17-12(18)11-5-2-6-16(11)13(17)19/h1,3-4,11H,2,5-7H2. The molecule has 0 aromatic heterocycles. The summed E-state index contributed by atoms with van der Waals surface area (Å²) in [6, 6.07) is 4.63. The smallest absolute Gasteiger partial charge is 0.312 e. The number of fused-ring (bicyclic) bond motifs is 1. The van der Waals surface area contributed by atoms with E-state index in [1.165, 1.54) is 4.90 Å². The van der Waals surface area contributed by atoms with Crippen molar-refractivity contribution in [1.82, 2.24) is 9.80 Å². The van der Waals surface area contributed by atoms with E-state index < -0.39 is 0 Å². The van der Waals surface area contributed by atoms with Crippen LogP contribution >= 0.6 is 23.2 Å². The monoisotopic (exact) mass is 298 g/mol. The first kappa shape index (κ1) is 12.8. The van der Waals surface area contributed by atoms with Crippen molar-refractivity contribution in [2.45, 2.75) is 25.4 Å². The fourth-order valence-corrected chi connectivity index (χ4v) is 3.19. The highest BCUT2D eigenvalue weighted by Gasteiger charge is 2.47. The van der Waals surface area contributed by atoms with Crippen LogP contribution in [0.25, 0.3) is 0 Å². The van der Waals surface area contributed by atoms with E-state index >= 15 is 0 Å². The molecule has 2 saturated heterocycles. The molecule has 0 aliphatic carbocycles. The maximum atomic E-state index is 12.2.